The van der Waals surface area contributed by atoms with Crippen LogP contribution in [0.1, 0.15) is 158 Å². The second-order valence-electron chi connectivity index (χ2n) is 24.5. The highest BCUT2D eigenvalue weighted by Gasteiger charge is 2.76. The molecular weight excluding hydrogens is 787 g/mol. The molecule has 0 unspecified atom stereocenters. The number of ketones is 1. The molecule has 9 heteroatoms. The summed E-state index contributed by atoms with van der Waals surface area (Å²) >= 11 is 0. The Bertz CT molecular complexity index is 2040. The molecule has 1 aromatic rings. The van der Waals surface area contributed by atoms with Crippen molar-refractivity contribution in [1.82, 2.24) is 15.1 Å². The largest absolute Gasteiger partial charge is 0.481 e. The van der Waals surface area contributed by atoms with Crippen LogP contribution < -0.4 is 5.32 Å². The molecule has 11 atom stereocenters. The number of urea groups is 1. The van der Waals surface area contributed by atoms with Gasteiger partial charge in [-0.3, -0.25) is 14.4 Å². The van der Waals surface area contributed by atoms with E-state index in [1.165, 1.54) is 18.4 Å². The van der Waals surface area contributed by atoms with E-state index in [-0.39, 0.29) is 69.8 Å². The molecule has 2 amide bonds. The number of carbonyl (C=O) groups excluding carboxylic acids is 3. The minimum Gasteiger partial charge on any atom is -0.481 e. The number of amides is 2. The van der Waals surface area contributed by atoms with Gasteiger partial charge in [0.1, 0.15) is 6.61 Å². The number of nitrogens with zero attached hydrogens (tertiary/aromatic N) is 2. The summed E-state index contributed by atoms with van der Waals surface area (Å²) in [5.74, 6) is -0.226. The Morgan fingerprint density at radius 3 is 2.17 bits per heavy atom. The number of esters is 1. The molecule has 1 aromatic carbocycles. The number of hydrogen-bond acceptors (Lipinski definition) is 6. The highest BCUT2D eigenvalue weighted by molar-refractivity contribution is 6.02. The van der Waals surface area contributed by atoms with Crippen molar-refractivity contribution < 1.29 is 29.0 Å². The number of benzene rings is 1. The summed E-state index contributed by atoms with van der Waals surface area (Å²) in [6.45, 7) is 25.0. The first kappa shape index (κ1) is 45.0. The average molecular weight is 866 g/mol. The lowest BCUT2D eigenvalue weighted by Gasteiger charge is -2.74. The van der Waals surface area contributed by atoms with E-state index in [9.17, 15) is 24.3 Å². The van der Waals surface area contributed by atoms with Gasteiger partial charge in [-0.1, -0.05) is 92.6 Å². The van der Waals surface area contributed by atoms with Crippen LogP contribution in [0, 0.1) is 68.0 Å². The molecule has 0 bridgehead atoms. The van der Waals surface area contributed by atoms with Crippen LogP contribution in [-0.4, -0.2) is 76.4 Å². The molecule has 2 aliphatic heterocycles. The van der Waals surface area contributed by atoms with E-state index >= 15 is 0 Å². The van der Waals surface area contributed by atoms with E-state index in [2.05, 4.69) is 63.6 Å². The van der Waals surface area contributed by atoms with Gasteiger partial charge in [-0.2, -0.15) is 0 Å². The van der Waals surface area contributed by atoms with Crippen molar-refractivity contribution in [3.8, 4) is 0 Å². The van der Waals surface area contributed by atoms with Crippen LogP contribution in [0.15, 0.2) is 41.5 Å². The molecular formula is C54H79N3O6. The number of carboxylic acid groups (broad SMARTS) is 1. The van der Waals surface area contributed by atoms with Crippen molar-refractivity contribution in [3.63, 3.8) is 0 Å². The molecule has 5 saturated carbocycles. The minimum atomic E-state index is -1.02. The number of Topliss-reactive ketones (excluding diaryl/α,β-unsaturated/α-hetero) is 1. The zero-order chi connectivity index (χ0) is 45.1. The van der Waals surface area contributed by atoms with E-state index in [4.69, 9.17) is 4.74 Å². The molecule has 7 fully saturated rings. The zero-order valence-electron chi connectivity index (χ0n) is 40.2. The number of carboxylic acids is 1. The van der Waals surface area contributed by atoms with Gasteiger partial charge in [-0.25, -0.2) is 4.79 Å². The lowest BCUT2D eigenvalue weighted by Crippen LogP contribution is -2.71. The summed E-state index contributed by atoms with van der Waals surface area (Å²) in [4.78, 5) is 61.0. The van der Waals surface area contributed by atoms with E-state index < -0.39 is 28.3 Å². The highest BCUT2D eigenvalue weighted by atomic mass is 16.5. The summed E-state index contributed by atoms with van der Waals surface area (Å²) in [5.41, 5.74) is 0.541. The molecule has 0 aromatic heterocycles. The van der Waals surface area contributed by atoms with Crippen molar-refractivity contribution in [2.45, 2.75) is 170 Å². The molecule has 2 N–H and O–H groups in total. The number of hydrogen-bond donors (Lipinski definition) is 2. The minimum absolute atomic E-state index is 0.0184. The summed E-state index contributed by atoms with van der Waals surface area (Å²) in [5, 5.41) is 15.0. The maximum absolute atomic E-state index is 14.6. The molecule has 0 radical (unpaired) electrons. The quantitative estimate of drug-likeness (QED) is 0.238. The molecule has 9 rings (SSSR count). The standard InChI is InChI=1S/C54H79N3O6/c1-34(2)43-39(58)31-53(55-47(62)57-29-15-18-36(57)32-56-27-13-14-28-56)26-25-51(8)37(44(43)53)19-20-42-50(7)23-21-41(48(3,4)40(50)22-24-52(42,51)9)54(46(60)61)30-38(49(54,5)6)45(59)63-33-35-16-11-10-12-17-35/h10-12,16-17,34,36-38,40-42H,13-15,18-33H2,1-9H3,(H,55,62)(H,60,61)/t36-,37+,38-,40+,41-,42+,50+,51+,52+,53+,54+/m0/s1. The van der Waals surface area contributed by atoms with Crippen molar-refractivity contribution >= 4 is 23.8 Å². The Labute approximate surface area is 378 Å². The molecule has 2 heterocycles. The number of carbonyl (C=O) groups is 4. The van der Waals surface area contributed by atoms with Gasteiger partial charge in [-0.05, 0) is 170 Å². The fraction of sp³-hybridized carbons (Fsp3) is 0.778. The van der Waals surface area contributed by atoms with Crippen molar-refractivity contribution in [3.05, 3.63) is 47.0 Å². The molecule has 6 aliphatic carbocycles. The van der Waals surface area contributed by atoms with E-state index in [0.717, 1.165) is 102 Å². The van der Waals surface area contributed by atoms with Crippen LogP contribution in [0.2, 0.25) is 0 Å². The smallest absolute Gasteiger partial charge is 0.318 e. The fourth-order valence-corrected chi connectivity index (χ4v) is 17.8. The van der Waals surface area contributed by atoms with E-state index in [0.29, 0.717) is 24.7 Å². The van der Waals surface area contributed by atoms with Crippen LogP contribution >= 0.6 is 0 Å². The number of rotatable bonds is 9. The van der Waals surface area contributed by atoms with Crippen molar-refractivity contribution in [2.24, 2.45) is 68.0 Å². The van der Waals surface area contributed by atoms with Crippen LogP contribution in [0.5, 0.6) is 0 Å². The number of fused-ring (bicyclic) bond motifs is 7. The van der Waals surface area contributed by atoms with E-state index in [1.807, 2.05) is 44.2 Å². The van der Waals surface area contributed by atoms with Crippen LogP contribution in [-0.2, 0) is 25.7 Å². The topological polar surface area (TPSA) is 116 Å². The van der Waals surface area contributed by atoms with Gasteiger partial charge in [-0.15, -0.1) is 0 Å². The number of aliphatic carboxylic acids is 1. The number of ether oxygens (including phenoxy) is 1. The monoisotopic (exact) mass is 866 g/mol. The van der Waals surface area contributed by atoms with Gasteiger partial charge in [0.15, 0.2) is 5.78 Å². The van der Waals surface area contributed by atoms with Gasteiger partial charge in [0.2, 0.25) is 0 Å². The molecule has 0 spiro atoms. The summed E-state index contributed by atoms with van der Waals surface area (Å²) < 4.78 is 5.85. The Hall–Kier alpha value is -3.20. The van der Waals surface area contributed by atoms with Crippen LogP contribution in [0.4, 0.5) is 4.79 Å². The first-order valence-corrected chi connectivity index (χ1v) is 25.2. The maximum Gasteiger partial charge on any atom is 0.318 e. The van der Waals surface area contributed by atoms with Gasteiger partial charge in [0.05, 0.1) is 16.9 Å². The molecule has 8 aliphatic rings. The lowest BCUT2D eigenvalue weighted by atomic mass is 9.30. The Balaban J connectivity index is 0.969. The third-order valence-electron chi connectivity index (χ3n) is 21.1. The highest BCUT2D eigenvalue weighted by Crippen LogP contribution is 2.79. The first-order chi connectivity index (χ1) is 29.7. The molecule has 346 valence electrons. The third kappa shape index (κ3) is 6.43. The normalized spacial score (nSPS) is 41.6. The number of likely N-dealkylation sites (tertiary alicyclic amines) is 2. The summed E-state index contributed by atoms with van der Waals surface area (Å²) in [6, 6.07) is 9.97. The first-order valence-electron chi connectivity index (χ1n) is 25.2. The molecule has 2 saturated heterocycles. The lowest BCUT2D eigenvalue weighted by molar-refractivity contribution is -0.261. The Morgan fingerprint density at radius 2 is 1.51 bits per heavy atom. The van der Waals surface area contributed by atoms with Gasteiger partial charge in [0.25, 0.3) is 0 Å². The Morgan fingerprint density at radius 1 is 0.810 bits per heavy atom. The predicted octanol–water partition coefficient (Wildman–Crippen LogP) is 10.5. The number of nitrogens with one attached hydrogen (secondary N) is 1. The second kappa shape index (κ2) is 15.4. The summed E-state index contributed by atoms with van der Waals surface area (Å²) in [7, 11) is 0. The van der Waals surface area contributed by atoms with Crippen LogP contribution in [0.25, 0.3) is 0 Å². The van der Waals surface area contributed by atoms with Crippen molar-refractivity contribution in [2.75, 3.05) is 26.2 Å². The van der Waals surface area contributed by atoms with Crippen molar-refractivity contribution in [1.29, 1.82) is 0 Å². The SMILES string of the molecule is CC(C)C1=C2[C@H]3CC[C@@H]4[C@]5(C)CC[C@H]([C@@]6(C(=O)O)C[C@@H](C(=O)OCc7ccccc7)C6(C)C)C(C)(C)[C@H]5CC[C@@]4(C)[C@]3(C)CC[C@@]2(NC(=O)N2CCC[C@H]2CN2CCCC2)CC1=O. The molecule has 9 nitrogen and oxygen atoms in total. The summed E-state index contributed by atoms with van der Waals surface area (Å²) in [6.07, 6.45) is 13.1. The maximum atomic E-state index is 14.6. The molecule has 63 heavy (non-hydrogen) atoms. The second-order valence-corrected chi connectivity index (χ2v) is 24.5. The fourth-order valence-electron chi connectivity index (χ4n) is 17.8. The predicted molar refractivity (Wildman–Crippen MR) is 245 cm³/mol. The third-order valence-corrected chi connectivity index (χ3v) is 21.1. The van der Waals surface area contributed by atoms with Crippen LogP contribution in [0.3, 0.4) is 0 Å². The van der Waals surface area contributed by atoms with Gasteiger partial charge >= 0.3 is 18.0 Å². The van der Waals surface area contributed by atoms with Gasteiger partial charge in [0, 0.05) is 25.6 Å². The Kier molecular flexibility index (Phi) is 11.0. The zero-order valence-corrected chi connectivity index (χ0v) is 40.2. The van der Waals surface area contributed by atoms with E-state index in [1.54, 1.807) is 0 Å². The average Bonchev–Trinajstić information content (AvgIpc) is 3.98. The number of allylic oxidation sites excluding steroid dienone is 1. The van der Waals surface area contributed by atoms with Gasteiger partial charge < -0.3 is 25.0 Å².